The van der Waals surface area contributed by atoms with Crippen LogP contribution >= 0.6 is 34.3 Å². The number of hydrogen-bond acceptors (Lipinski definition) is 13. The predicted octanol–water partition coefficient (Wildman–Crippen LogP) is 6.30. The van der Waals surface area contributed by atoms with E-state index in [0.717, 1.165) is 43.8 Å². The predicted molar refractivity (Wildman–Crippen MR) is 235 cm³/mol. The van der Waals surface area contributed by atoms with Gasteiger partial charge < -0.3 is 30.2 Å². The van der Waals surface area contributed by atoms with Gasteiger partial charge in [0.05, 0.1) is 75.1 Å². The number of carbonyl (C=O) groups excluding carboxylic acids is 3. The third kappa shape index (κ3) is 11.7. The SMILES string of the molecule is Cc1nc(NC(=O)c2ccccc2NC(=O)CCOCCOCCOCCNCCNC(=O)C[C@@H]2N=C(c3ccc(Cl)cc3)c3c(sc(C)c3C)-n3c(C)nnc32)sc1C. The first-order chi connectivity index (χ1) is 29.0. The highest BCUT2D eigenvalue weighted by Crippen LogP contribution is 2.39. The van der Waals surface area contributed by atoms with E-state index in [4.69, 9.17) is 30.8 Å². The number of rotatable bonds is 21. The molecule has 2 aromatic carbocycles. The molecule has 0 fully saturated rings. The van der Waals surface area contributed by atoms with Crippen molar-refractivity contribution in [3.63, 3.8) is 0 Å². The molecule has 0 spiro atoms. The van der Waals surface area contributed by atoms with Crippen LogP contribution in [-0.4, -0.2) is 102 Å². The van der Waals surface area contributed by atoms with Gasteiger partial charge in [-0.15, -0.1) is 32.9 Å². The Labute approximate surface area is 362 Å². The van der Waals surface area contributed by atoms with E-state index in [0.29, 0.717) is 79.9 Å². The molecule has 0 aliphatic carbocycles. The smallest absolute Gasteiger partial charge is 0.259 e. The highest BCUT2D eigenvalue weighted by atomic mass is 35.5. The Bertz CT molecular complexity index is 2290. The van der Waals surface area contributed by atoms with Crippen LogP contribution in [0.4, 0.5) is 10.8 Å². The summed E-state index contributed by atoms with van der Waals surface area (Å²) in [4.78, 5) is 50.3. The van der Waals surface area contributed by atoms with E-state index in [9.17, 15) is 14.4 Å². The second-order valence-corrected chi connectivity index (χ2v) is 16.8. The lowest BCUT2D eigenvalue weighted by molar-refractivity contribution is -0.121. The number of thiazole rings is 1. The van der Waals surface area contributed by atoms with Crippen molar-refractivity contribution in [2.45, 2.75) is 53.5 Å². The van der Waals surface area contributed by atoms with Gasteiger partial charge in [0.2, 0.25) is 11.8 Å². The molecule has 0 saturated carbocycles. The van der Waals surface area contributed by atoms with Gasteiger partial charge in [0.25, 0.3) is 5.91 Å². The van der Waals surface area contributed by atoms with Crippen LogP contribution in [0.15, 0.2) is 53.5 Å². The summed E-state index contributed by atoms with van der Waals surface area (Å²) in [6.45, 7) is 13.8. The summed E-state index contributed by atoms with van der Waals surface area (Å²) in [6.07, 6.45) is 0.248. The number of thiophene rings is 1. The maximum Gasteiger partial charge on any atom is 0.259 e. The Morgan fingerprint density at radius 2 is 1.50 bits per heavy atom. The van der Waals surface area contributed by atoms with Crippen LogP contribution in [0.5, 0.6) is 0 Å². The molecule has 4 N–H and O–H groups in total. The van der Waals surface area contributed by atoms with Crippen LogP contribution in [0.3, 0.4) is 0 Å². The summed E-state index contributed by atoms with van der Waals surface area (Å²) in [5.41, 5.74) is 5.53. The second kappa shape index (κ2) is 21.6. The van der Waals surface area contributed by atoms with Crippen LogP contribution < -0.4 is 21.3 Å². The third-order valence-corrected chi connectivity index (χ3v) is 12.1. The molecule has 4 heterocycles. The van der Waals surface area contributed by atoms with Gasteiger partial charge in [0.1, 0.15) is 16.9 Å². The molecule has 318 valence electrons. The Balaban J connectivity index is 0.818. The van der Waals surface area contributed by atoms with Crippen LogP contribution in [0, 0.1) is 34.6 Å². The van der Waals surface area contributed by atoms with Gasteiger partial charge in [-0.05, 0) is 64.4 Å². The van der Waals surface area contributed by atoms with E-state index in [1.807, 2.05) is 49.6 Å². The van der Waals surface area contributed by atoms with Gasteiger partial charge in [-0.2, -0.15) is 0 Å². The zero-order valence-electron chi connectivity index (χ0n) is 34.4. The summed E-state index contributed by atoms with van der Waals surface area (Å²) in [5, 5.41) is 22.9. The molecule has 6 rings (SSSR count). The molecule has 1 aliphatic heterocycles. The number of anilines is 2. The quantitative estimate of drug-likeness (QED) is 0.0611. The lowest BCUT2D eigenvalue weighted by Crippen LogP contribution is -2.34. The molecule has 3 aromatic heterocycles. The highest BCUT2D eigenvalue weighted by molar-refractivity contribution is 7.16. The standard InChI is InChI=1S/C42H50ClN9O6S2/c1-25-27(3)59-41-37(25)38(30-10-12-31(43)13-11-30)48-34(39-51-50-29(5)52(39)41)24-36(54)45-16-15-44-17-19-57-21-23-58-22-20-56-18-14-35(53)47-33-9-7-6-8-32(33)40(55)49-42-46-26(2)28(4)60-42/h6-13,34,44H,14-24H2,1-5H3,(H,45,54)(H,47,53)(H,46,49,55)/t34-/m0/s1. The molecule has 1 aliphatic rings. The van der Waals surface area contributed by atoms with E-state index in [2.05, 4.69) is 50.3 Å². The number of amides is 3. The van der Waals surface area contributed by atoms with Crippen molar-refractivity contribution in [2.75, 3.05) is 69.9 Å². The molecule has 0 saturated heterocycles. The van der Waals surface area contributed by atoms with Gasteiger partial charge in [-0.25, -0.2) is 4.98 Å². The molecule has 0 radical (unpaired) electrons. The molecule has 0 unspecified atom stereocenters. The Hall–Kier alpha value is -4.88. The Morgan fingerprint density at radius 1 is 0.783 bits per heavy atom. The molecular formula is C42H50ClN9O6S2. The lowest BCUT2D eigenvalue weighted by Gasteiger charge is -2.13. The zero-order chi connectivity index (χ0) is 42.6. The first-order valence-corrected chi connectivity index (χ1v) is 21.7. The van der Waals surface area contributed by atoms with Crippen LogP contribution in [0.25, 0.3) is 5.00 Å². The van der Waals surface area contributed by atoms with Crippen molar-refractivity contribution < 1.29 is 28.6 Å². The van der Waals surface area contributed by atoms with Crippen molar-refractivity contribution in [2.24, 2.45) is 4.99 Å². The number of aliphatic imine (C=N–C) groups is 1. The summed E-state index contributed by atoms with van der Waals surface area (Å²) < 4.78 is 18.8. The second-order valence-electron chi connectivity index (χ2n) is 14.0. The van der Waals surface area contributed by atoms with Gasteiger partial charge in [-0.1, -0.05) is 35.9 Å². The Kier molecular flexibility index (Phi) is 16.1. The molecular weight excluding hydrogens is 826 g/mol. The minimum absolute atomic E-state index is 0.122. The van der Waals surface area contributed by atoms with Gasteiger partial charge in [-0.3, -0.25) is 29.3 Å². The fourth-order valence-electron chi connectivity index (χ4n) is 6.34. The van der Waals surface area contributed by atoms with Crippen molar-refractivity contribution in [3.8, 4) is 5.00 Å². The third-order valence-electron chi connectivity index (χ3n) is 9.70. The van der Waals surface area contributed by atoms with Gasteiger partial charge >= 0.3 is 0 Å². The Morgan fingerprint density at radius 3 is 2.23 bits per heavy atom. The molecule has 15 nitrogen and oxygen atoms in total. The largest absolute Gasteiger partial charge is 0.379 e. The maximum absolute atomic E-state index is 13.2. The van der Waals surface area contributed by atoms with E-state index in [1.165, 1.54) is 16.2 Å². The first kappa shape index (κ1) is 44.7. The number of nitrogens with zero attached hydrogens (tertiary/aromatic N) is 5. The number of para-hydroxylation sites is 1. The normalized spacial score (nSPS) is 13.3. The molecule has 60 heavy (non-hydrogen) atoms. The maximum atomic E-state index is 13.2. The minimum atomic E-state index is -0.529. The number of halogens is 1. The molecule has 3 amide bonds. The highest BCUT2D eigenvalue weighted by Gasteiger charge is 2.32. The summed E-state index contributed by atoms with van der Waals surface area (Å²) >= 11 is 9.29. The van der Waals surface area contributed by atoms with Crippen molar-refractivity contribution in [1.29, 1.82) is 0 Å². The number of ether oxygens (including phenoxy) is 3. The lowest BCUT2D eigenvalue weighted by atomic mass is 9.99. The number of benzene rings is 2. The molecule has 5 aromatic rings. The van der Waals surface area contributed by atoms with Gasteiger partial charge in [0, 0.05) is 45.5 Å². The number of aromatic nitrogens is 4. The topological polar surface area (TPSA) is 183 Å². The summed E-state index contributed by atoms with van der Waals surface area (Å²) in [6, 6.07) is 13.9. The summed E-state index contributed by atoms with van der Waals surface area (Å²) in [5.74, 6) is 0.644. The van der Waals surface area contributed by atoms with E-state index in [-0.39, 0.29) is 37.2 Å². The fourth-order valence-corrected chi connectivity index (χ4v) is 8.49. The molecule has 1 atom stereocenters. The van der Waals surface area contributed by atoms with Crippen LogP contribution in [0.1, 0.15) is 73.0 Å². The number of carbonyl (C=O) groups is 3. The van der Waals surface area contributed by atoms with Crippen LogP contribution in [-0.2, 0) is 23.8 Å². The number of fused-ring (bicyclic) bond motifs is 3. The number of hydrogen-bond donors (Lipinski definition) is 4. The van der Waals surface area contributed by atoms with Crippen molar-refractivity contribution >= 4 is 68.5 Å². The van der Waals surface area contributed by atoms with E-state index in [1.54, 1.807) is 35.6 Å². The first-order valence-electron chi connectivity index (χ1n) is 19.7. The van der Waals surface area contributed by atoms with Crippen molar-refractivity contribution in [3.05, 3.63) is 103 Å². The van der Waals surface area contributed by atoms with E-state index < -0.39 is 6.04 Å². The van der Waals surface area contributed by atoms with Crippen molar-refractivity contribution in [1.82, 2.24) is 30.4 Å². The monoisotopic (exact) mass is 875 g/mol. The van der Waals surface area contributed by atoms with E-state index >= 15 is 0 Å². The molecule has 18 heteroatoms. The number of aryl methyl sites for hydroxylation is 4. The van der Waals surface area contributed by atoms with Gasteiger partial charge in [0.15, 0.2) is 11.0 Å². The average Bonchev–Trinajstić information content (AvgIpc) is 3.83. The average molecular weight is 877 g/mol. The number of nitrogens with one attached hydrogen (secondary N) is 4. The van der Waals surface area contributed by atoms with Crippen LogP contribution in [0.2, 0.25) is 5.02 Å². The summed E-state index contributed by atoms with van der Waals surface area (Å²) in [7, 11) is 0. The molecule has 0 bridgehead atoms. The minimum Gasteiger partial charge on any atom is -0.379 e. The zero-order valence-corrected chi connectivity index (χ0v) is 36.7. The fraction of sp³-hybridized carbons (Fsp3) is 0.405.